The summed E-state index contributed by atoms with van der Waals surface area (Å²) in [6, 6.07) is 5.60. The minimum absolute atomic E-state index is 0.495. The number of aryl methyl sites for hydroxylation is 2. The Morgan fingerprint density at radius 3 is 2.71 bits per heavy atom. The fourth-order valence-electron chi connectivity index (χ4n) is 2.27. The summed E-state index contributed by atoms with van der Waals surface area (Å²) >= 11 is 0. The Balaban J connectivity index is 1.96. The maximum atomic E-state index is 5.40. The van der Waals surface area contributed by atoms with Gasteiger partial charge in [-0.05, 0) is 42.5 Å². The summed E-state index contributed by atoms with van der Waals surface area (Å²) in [5.74, 6) is 2.60. The third-order valence-electron chi connectivity index (χ3n) is 3.50. The second-order valence-electron chi connectivity index (χ2n) is 5.12. The molecule has 2 N–H and O–H groups in total. The normalized spacial score (nSPS) is 10.5. The van der Waals surface area contributed by atoms with Gasteiger partial charge in [0, 0.05) is 24.5 Å². The Morgan fingerprint density at radius 2 is 2.04 bits per heavy atom. The molecule has 9 nitrogen and oxygen atoms in total. The van der Waals surface area contributed by atoms with Crippen LogP contribution in [0.1, 0.15) is 11.4 Å². The van der Waals surface area contributed by atoms with Gasteiger partial charge in [-0.15, -0.1) is 5.10 Å². The van der Waals surface area contributed by atoms with E-state index >= 15 is 0 Å². The van der Waals surface area contributed by atoms with Gasteiger partial charge in [0.25, 0.3) is 0 Å². The number of ether oxygens (including phenoxy) is 1. The van der Waals surface area contributed by atoms with Gasteiger partial charge >= 0.3 is 0 Å². The van der Waals surface area contributed by atoms with Gasteiger partial charge in [-0.3, -0.25) is 0 Å². The molecule has 124 valence electrons. The monoisotopic (exact) mass is 326 g/mol. The first-order chi connectivity index (χ1) is 11.6. The van der Waals surface area contributed by atoms with Crippen molar-refractivity contribution in [1.29, 1.82) is 0 Å². The molecule has 2 heterocycles. The quantitative estimate of drug-likeness (QED) is 0.732. The molecule has 2 aromatic heterocycles. The van der Waals surface area contributed by atoms with Gasteiger partial charge in [-0.25, -0.2) is 4.98 Å². The molecule has 0 saturated carbocycles. The maximum absolute atomic E-state index is 5.40. The zero-order chi connectivity index (χ0) is 17.1. The molecule has 0 aliphatic carbocycles. The molecule has 0 aliphatic rings. The Morgan fingerprint density at radius 1 is 1.21 bits per heavy atom. The molecular formula is C15H18N8O. The van der Waals surface area contributed by atoms with Crippen molar-refractivity contribution in [1.82, 2.24) is 30.2 Å². The van der Waals surface area contributed by atoms with E-state index in [0.29, 0.717) is 17.5 Å². The summed E-state index contributed by atoms with van der Waals surface area (Å²) in [5, 5.41) is 17.8. The second kappa shape index (κ2) is 6.49. The Hall–Kier alpha value is -3.23. The number of aromatic nitrogens is 6. The van der Waals surface area contributed by atoms with Crippen LogP contribution in [-0.2, 0) is 0 Å². The van der Waals surface area contributed by atoms with E-state index in [2.05, 4.69) is 36.1 Å². The molecule has 24 heavy (non-hydrogen) atoms. The lowest BCUT2D eigenvalue weighted by molar-refractivity contribution is 0.411. The van der Waals surface area contributed by atoms with Crippen LogP contribution < -0.4 is 15.4 Å². The molecule has 1 aromatic carbocycles. The van der Waals surface area contributed by atoms with Crippen LogP contribution in [0.25, 0.3) is 5.69 Å². The van der Waals surface area contributed by atoms with Crippen molar-refractivity contribution in [3.05, 3.63) is 35.8 Å². The molecule has 3 aromatic rings. The summed E-state index contributed by atoms with van der Waals surface area (Å²) < 4.78 is 7.01. The van der Waals surface area contributed by atoms with Crippen LogP contribution in [0.2, 0.25) is 0 Å². The highest BCUT2D eigenvalue weighted by molar-refractivity contribution is 5.63. The van der Waals surface area contributed by atoms with Crippen LogP contribution in [0, 0.1) is 13.8 Å². The molecule has 0 spiro atoms. The van der Waals surface area contributed by atoms with E-state index in [1.165, 1.54) is 0 Å². The number of rotatable bonds is 5. The van der Waals surface area contributed by atoms with E-state index in [4.69, 9.17) is 4.74 Å². The Kier molecular flexibility index (Phi) is 4.23. The van der Waals surface area contributed by atoms with Gasteiger partial charge in [-0.1, -0.05) is 0 Å². The summed E-state index contributed by atoms with van der Waals surface area (Å²) in [6.07, 6.45) is 1.76. The fourth-order valence-corrected chi connectivity index (χ4v) is 2.27. The minimum Gasteiger partial charge on any atom is -0.494 e. The van der Waals surface area contributed by atoms with Gasteiger partial charge in [-0.2, -0.15) is 9.67 Å². The van der Waals surface area contributed by atoms with Crippen molar-refractivity contribution in [3.63, 3.8) is 0 Å². The SMILES string of the molecule is CNc1nc(Nc2ccc(OC)c(-n3nnnc3C)c2)ncc1C. The predicted octanol–water partition coefficient (Wildman–Crippen LogP) is 1.86. The van der Waals surface area contributed by atoms with Gasteiger partial charge < -0.3 is 15.4 Å². The number of hydrogen-bond acceptors (Lipinski definition) is 8. The van der Waals surface area contributed by atoms with Crippen LogP contribution in [0.5, 0.6) is 5.75 Å². The largest absolute Gasteiger partial charge is 0.494 e. The predicted molar refractivity (Wildman–Crippen MR) is 90.0 cm³/mol. The number of nitrogens with zero attached hydrogens (tertiary/aromatic N) is 6. The molecule has 0 aliphatic heterocycles. The summed E-state index contributed by atoms with van der Waals surface area (Å²) in [5.41, 5.74) is 2.50. The first-order valence-electron chi connectivity index (χ1n) is 7.34. The smallest absolute Gasteiger partial charge is 0.229 e. The number of nitrogens with one attached hydrogen (secondary N) is 2. The molecule has 0 atom stereocenters. The fraction of sp³-hybridized carbons (Fsp3) is 0.267. The van der Waals surface area contributed by atoms with Crippen LogP contribution in [0.4, 0.5) is 17.5 Å². The first-order valence-corrected chi connectivity index (χ1v) is 7.34. The van der Waals surface area contributed by atoms with E-state index in [9.17, 15) is 0 Å². The van der Waals surface area contributed by atoms with Crippen molar-refractivity contribution >= 4 is 17.5 Å². The number of methoxy groups -OCH3 is 1. The molecular weight excluding hydrogens is 308 g/mol. The molecule has 0 radical (unpaired) electrons. The minimum atomic E-state index is 0.495. The zero-order valence-corrected chi connectivity index (χ0v) is 13.9. The lowest BCUT2D eigenvalue weighted by Gasteiger charge is -2.12. The number of tetrazole rings is 1. The van der Waals surface area contributed by atoms with Gasteiger partial charge in [0.2, 0.25) is 5.95 Å². The number of benzene rings is 1. The van der Waals surface area contributed by atoms with Crippen molar-refractivity contribution in [2.45, 2.75) is 13.8 Å². The molecule has 3 rings (SSSR count). The topological polar surface area (TPSA) is 103 Å². The Bertz CT molecular complexity index is 860. The molecule has 0 bridgehead atoms. The maximum Gasteiger partial charge on any atom is 0.229 e. The third kappa shape index (κ3) is 2.96. The van der Waals surface area contributed by atoms with E-state index in [1.54, 1.807) is 18.0 Å². The highest BCUT2D eigenvalue weighted by Crippen LogP contribution is 2.27. The lowest BCUT2D eigenvalue weighted by Crippen LogP contribution is -2.05. The molecule has 9 heteroatoms. The third-order valence-corrected chi connectivity index (χ3v) is 3.50. The van der Waals surface area contributed by atoms with Crippen LogP contribution in [0.3, 0.4) is 0 Å². The highest BCUT2D eigenvalue weighted by atomic mass is 16.5. The molecule has 0 saturated heterocycles. The lowest BCUT2D eigenvalue weighted by atomic mass is 10.2. The van der Waals surface area contributed by atoms with Crippen LogP contribution in [-0.4, -0.2) is 44.3 Å². The zero-order valence-electron chi connectivity index (χ0n) is 13.9. The van der Waals surface area contributed by atoms with Crippen molar-refractivity contribution in [3.8, 4) is 11.4 Å². The first kappa shape index (κ1) is 15.7. The average molecular weight is 326 g/mol. The average Bonchev–Trinajstić information content (AvgIpc) is 3.02. The summed E-state index contributed by atoms with van der Waals surface area (Å²) in [4.78, 5) is 8.72. The molecule has 0 unspecified atom stereocenters. The van der Waals surface area contributed by atoms with E-state index in [-0.39, 0.29) is 0 Å². The molecule has 0 amide bonds. The summed E-state index contributed by atoms with van der Waals surface area (Å²) in [6.45, 7) is 3.77. The standard InChI is InChI=1S/C15H18N8O/c1-9-8-17-15(19-14(9)16-3)18-11-5-6-13(24-4)12(7-11)23-10(2)20-21-22-23/h5-8H,1-4H3,(H2,16,17,18,19). The number of hydrogen-bond donors (Lipinski definition) is 2. The summed E-state index contributed by atoms with van der Waals surface area (Å²) in [7, 11) is 3.43. The van der Waals surface area contributed by atoms with Crippen LogP contribution >= 0.6 is 0 Å². The Labute approximate surface area is 139 Å². The van der Waals surface area contributed by atoms with Gasteiger partial charge in [0.15, 0.2) is 5.82 Å². The van der Waals surface area contributed by atoms with Gasteiger partial charge in [0.05, 0.1) is 7.11 Å². The van der Waals surface area contributed by atoms with Gasteiger partial charge in [0.1, 0.15) is 17.3 Å². The van der Waals surface area contributed by atoms with Crippen molar-refractivity contribution in [2.75, 3.05) is 24.8 Å². The molecule has 0 fully saturated rings. The highest BCUT2D eigenvalue weighted by Gasteiger charge is 2.12. The van der Waals surface area contributed by atoms with Crippen molar-refractivity contribution < 1.29 is 4.74 Å². The van der Waals surface area contributed by atoms with E-state index in [0.717, 1.165) is 22.8 Å². The van der Waals surface area contributed by atoms with Crippen LogP contribution in [0.15, 0.2) is 24.4 Å². The number of anilines is 3. The van der Waals surface area contributed by atoms with E-state index < -0.39 is 0 Å². The van der Waals surface area contributed by atoms with E-state index in [1.807, 2.05) is 39.1 Å². The second-order valence-corrected chi connectivity index (χ2v) is 5.12. The van der Waals surface area contributed by atoms with Crippen molar-refractivity contribution in [2.24, 2.45) is 0 Å².